The molecule has 0 amide bonds. The highest BCUT2D eigenvalue weighted by molar-refractivity contribution is 7.93. The molecule has 0 atom stereocenters. The van der Waals surface area contributed by atoms with Gasteiger partial charge in [0.1, 0.15) is 0 Å². The second-order valence-corrected chi connectivity index (χ2v) is 5.43. The van der Waals surface area contributed by atoms with Crippen LogP contribution in [0.2, 0.25) is 0 Å². The van der Waals surface area contributed by atoms with Gasteiger partial charge in [-0.25, -0.2) is 8.42 Å². The molecule has 9 heteroatoms. The molecule has 0 unspecified atom stereocenters. The van der Waals surface area contributed by atoms with Gasteiger partial charge in [0.15, 0.2) is 5.75 Å². The minimum atomic E-state index is -4.07. The molecule has 1 aromatic carbocycles. The quantitative estimate of drug-likeness (QED) is 0.593. The van der Waals surface area contributed by atoms with Crippen LogP contribution in [0, 0.1) is 10.1 Å². The van der Waals surface area contributed by atoms with E-state index in [1.54, 1.807) is 6.92 Å². The van der Waals surface area contributed by atoms with Crippen LogP contribution in [0.25, 0.3) is 0 Å². The van der Waals surface area contributed by atoms with Crippen LogP contribution in [-0.4, -0.2) is 30.2 Å². The van der Waals surface area contributed by atoms with Gasteiger partial charge in [0, 0.05) is 11.6 Å². The molecule has 8 nitrogen and oxygen atoms in total. The van der Waals surface area contributed by atoms with Gasteiger partial charge in [-0.2, -0.15) is 0 Å². The Balaban J connectivity index is 3.07. The minimum Gasteiger partial charge on any atom is -0.480 e. The van der Waals surface area contributed by atoms with Gasteiger partial charge in [-0.3, -0.25) is 19.6 Å². The maximum Gasteiger partial charge on any atom is 0.320 e. The van der Waals surface area contributed by atoms with Crippen molar-refractivity contribution in [1.82, 2.24) is 0 Å². The first-order valence-electron chi connectivity index (χ1n) is 5.24. The molecule has 1 rings (SSSR count). The van der Waals surface area contributed by atoms with Crippen molar-refractivity contribution in [3.63, 3.8) is 0 Å². The number of hydrogen-bond donors (Lipinski definition) is 2. The minimum absolute atomic E-state index is 0.0369. The maximum atomic E-state index is 11.4. The summed E-state index contributed by atoms with van der Waals surface area (Å²) < 4.78 is 24.8. The lowest BCUT2D eigenvalue weighted by Crippen LogP contribution is -2.22. The first-order chi connectivity index (χ1) is 8.75. The molecule has 0 aliphatic heterocycles. The number of anilines is 1. The van der Waals surface area contributed by atoms with E-state index in [9.17, 15) is 23.3 Å². The summed E-state index contributed by atoms with van der Waals surface area (Å²) in [5.41, 5.74) is 0.217. The lowest BCUT2D eigenvalue weighted by atomic mass is 10.1. The number of nitro benzene ring substituents is 1. The molecule has 19 heavy (non-hydrogen) atoms. The fourth-order valence-electron chi connectivity index (χ4n) is 1.47. The molecule has 0 saturated carbocycles. The average Bonchev–Trinajstić information content (AvgIpc) is 2.26. The number of nitro groups is 1. The van der Waals surface area contributed by atoms with Crippen molar-refractivity contribution in [3.05, 3.63) is 33.9 Å². The number of nitrogens with one attached hydrogen (secondary N) is 1. The molecule has 0 radical (unpaired) electrons. The van der Waals surface area contributed by atoms with Crippen LogP contribution in [0.4, 0.5) is 11.4 Å². The van der Waals surface area contributed by atoms with E-state index in [-0.39, 0.29) is 11.4 Å². The molecule has 0 fully saturated rings. The van der Waals surface area contributed by atoms with E-state index in [1.165, 1.54) is 12.1 Å². The van der Waals surface area contributed by atoms with Crippen molar-refractivity contribution in [3.8, 4) is 0 Å². The van der Waals surface area contributed by atoms with Gasteiger partial charge in [-0.1, -0.05) is 13.0 Å². The molecule has 104 valence electrons. The second kappa shape index (κ2) is 5.65. The zero-order valence-corrected chi connectivity index (χ0v) is 10.8. The fraction of sp³-hybridized carbons (Fsp3) is 0.300. The van der Waals surface area contributed by atoms with Crippen molar-refractivity contribution < 1.29 is 23.2 Å². The van der Waals surface area contributed by atoms with Gasteiger partial charge in [-0.05, 0) is 12.5 Å². The fourth-order valence-corrected chi connectivity index (χ4v) is 2.36. The highest BCUT2D eigenvalue weighted by Crippen LogP contribution is 2.24. The predicted octanol–water partition coefficient (Wildman–Crippen LogP) is 0.983. The van der Waals surface area contributed by atoms with Gasteiger partial charge in [-0.15, -0.1) is 0 Å². The van der Waals surface area contributed by atoms with Crippen molar-refractivity contribution in [2.45, 2.75) is 13.3 Å². The summed E-state index contributed by atoms with van der Waals surface area (Å²) >= 11 is 0. The molecule has 0 heterocycles. The molecule has 1 aromatic rings. The smallest absolute Gasteiger partial charge is 0.320 e. The second-order valence-electron chi connectivity index (χ2n) is 3.71. The number of nitrogens with zero attached hydrogens (tertiary/aromatic N) is 1. The Labute approximate surface area is 109 Å². The first kappa shape index (κ1) is 14.9. The third-order valence-corrected chi connectivity index (χ3v) is 3.42. The highest BCUT2D eigenvalue weighted by atomic mass is 32.2. The normalized spacial score (nSPS) is 11.0. The standard InChI is InChI=1S/C10H12N2O6S/c1-2-7-3-4-8(5-9(7)12(15)16)11-19(17,18)6-10(13)14/h3-5,11H,2,6H2,1H3,(H,13,14). The summed E-state index contributed by atoms with van der Waals surface area (Å²) in [6.07, 6.45) is 0.429. The number of hydrogen-bond acceptors (Lipinski definition) is 5. The third-order valence-electron chi connectivity index (χ3n) is 2.25. The summed E-state index contributed by atoms with van der Waals surface area (Å²) in [7, 11) is -4.07. The number of aryl methyl sites for hydroxylation is 1. The molecule has 0 aliphatic rings. The summed E-state index contributed by atoms with van der Waals surface area (Å²) in [4.78, 5) is 20.5. The third kappa shape index (κ3) is 4.21. The molecular formula is C10H12N2O6S. The lowest BCUT2D eigenvalue weighted by Gasteiger charge is -2.07. The molecule has 0 saturated heterocycles. The number of sulfonamides is 1. The summed E-state index contributed by atoms with van der Waals surface area (Å²) in [5.74, 6) is -2.61. The molecule has 2 N–H and O–H groups in total. The number of carbonyl (C=O) groups is 1. The van der Waals surface area contributed by atoms with E-state index >= 15 is 0 Å². The summed E-state index contributed by atoms with van der Waals surface area (Å²) in [6, 6.07) is 3.85. The van der Waals surface area contributed by atoms with E-state index in [2.05, 4.69) is 0 Å². The topological polar surface area (TPSA) is 127 Å². The van der Waals surface area contributed by atoms with Crippen LogP contribution >= 0.6 is 0 Å². The SMILES string of the molecule is CCc1ccc(NS(=O)(=O)CC(=O)O)cc1[N+](=O)[O-]. The largest absolute Gasteiger partial charge is 0.480 e. The van der Waals surface area contributed by atoms with Crippen LogP contribution in [0.5, 0.6) is 0 Å². The van der Waals surface area contributed by atoms with E-state index in [4.69, 9.17) is 5.11 Å². The molecule has 0 aliphatic carbocycles. The Morgan fingerprint density at radius 2 is 2.11 bits per heavy atom. The number of carboxylic acids is 1. The Morgan fingerprint density at radius 3 is 2.58 bits per heavy atom. The van der Waals surface area contributed by atoms with Crippen molar-refractivity contribution in [2.75, 3.05) is 10.5 Å². The van der Waals surface area contributed by atoms with Crippen LogP contribution in [-0.2, 0) is 21.2 Å². The number of aliphatic carboxylic acids is 1. The lowest BCUT2D eigenvalue weighted by molar-refractivity contribution is -0.385. The molecular weight excluding hydrogens is 276 g/mol. The van der Waals surface area contributed by atoms with Crippen LogP contribution < -0.4 is 4.72 Å². The Kier molecular flexibility index (Phi) is 4.43. The first-order valence-corrected chi connectivity index (χ1v) is 6.90. The van der Waals surface area contributed by atoms with Gasteiger partial charge in [0.2, 0.25) is 10.0 Å². The number of rotatable bonds is 6. The highest BCUT2D eigenvalue weighted by Gasteiger charge is 2.18. The van der Waals surface area contributed by atoms with Crippen LogP contribution in [0.15, 0.2) is 18.2 Å². The van der Waals surface area contributed by atoms with Gasteiger partial charge < -0.3 is 5.11 Å². The Hall–Kier alpha value is -2.16. The number of benzene rings is 1. The van der Waals surface area contributed by atoms with Gasteiger partial charge in [0.05, 0.1) is 10.6 Å². The van der Waals surface area contributed by atoms with Gasteiger partial charge >= 0.3 is 5.97 Å². The molecule has 0 aromatic heterocycles. The number of carboxylic acid groups (broad SMARTS) is 1. The Morgan fingerprint density at radius 1 is 1.47 bits per heavy atom. The predicted molar refractivity (Wildman–Crippen MR) is 67.5 cm³/mol. The molecule has 0 spiro atoms. The van der Waals surface area contributed by atoms with Crippen LogP contribution in [0.1, 0.15) is 12.5 Å². The Bertz CT molecular complexity index is 610. The van der Waals surface area contributed by atoms with Crippen molar-refractivity contribution in [2.24, 2.45) is 0 Å². The van der Waals surface area contributed by atoms with E-state index in [1.807, 2.05) is 4.72 Å². The van der Waals surface area contributed by atoms with E-state index in [0.717, 1.165) is 6.07 Å². The van der Waals surface area contributed by atoms with Crippen molar-refractivity contribution >= 4 is 27.4 Å². The van der Waals surface area contributed by atoms with Gasteiger partial charge in [0.25, 0.3) is 5.69 Å². The summed E-state index contributed by atoms with van der Waals surface area (Å²) in [5, 5.41) is 19.2. The maximum absolute atomic E-state index is 11.4. The zero-order valence-electron chi connectivity index (χ0n) is 9.99. The van der Waals surface area contributed by atoms with E-state index < -0.39 is 26.7 Å². The monoisotopic (exact) mass is 288 g/mol. The summed E-state index contributed by atoms with van der Waals surface area (Å²) in [6.45, 7) is 1.73. The van der Waals surface area contributed by atoms with Crippen molar-refractivity contribution in [1.29, 1.82) is 0 Å². The zero-order chi connectivity index (χ0) is 14.6. The molecule has 0 bridgehead atoms. The van der Waals surface area contributed by atoms with E-state index in [0.29, 0.717) is 12.0 Å². The van der Waals surface area contributed by atoms with Crippen LogP contribution in [0.3, 0.4) is 0 Å². The average molecular weight is 288 g/mol.